The first-order chi connectivity index (χ1) is 13.2. The van der Waals surface area contributed by atoms with Crippen LogP contribution in [0.5, 0.6) is 0 Å². The van der Waals surface area contributed by atoms with E-state index in [2.05, 4.69) is 6.92 Å². The summed E-state index contributed by atoms with van der Waals surface area (Å²) in [5, 5.41) is 31.2. The van der Waals surface area contributed by atoms with Crippen LogP contribution in [0.3, 0.4) is 0 Å². The number of fused-ring (bicyclic) bond motifs is 5. The number of aliphatic hydroxyl groups is 3. The number of hydrogen-bond acceptors (Lipinski definition) is 5. The summed E-state index contributed by atoms with van der Waals surface area (Å²) >= 11 is -1.75. The fraction of sp³-hybridized carbons (Fsp3) is 0.727. The number of Topliss-reactive ketones (excluding diaryl/α,β-unsaturated/α-hetero) is 1. The molecule has 0 aromatic heterocycles. The van der Waals surface area contributed by atoms with Crippen LogP contribution in [0.1, 0.15) is 47.0 Å². The van der Waals surface area contributed by atoms with Gasteiger partial charge in [0, 0.05) is 0 Å². The first kappa shape index (κ1) is 22.1. The Balaban J connectivity index is 0.00000109. The molecule has 0 bridgehead atoms. The van der Waals surface area contributed by atoms with Gasteiger partial charge < -0.3 is 0 Å². The van der Waals surface area contributed by atoms with Gasteiger partial charge in [0.1, 0.15) is 0 Å². The van der Waals surface area contributed by atoms with Gasteiger partial charge in [-0.05, 0) is 0 Å². The first-order valence-corrected chi connectivity index (χ1v) is 14.3. The molecule has 2 saturated heterocycles. The van der Waals surface area contributed by atoms with Crippen molar-refractivity contribution in [3.63, 3.8) is 0 Å². The molecular weight excluding hydrogens is 471 g/mol. The summed E-state index contributed by atoms with van der Waals surface area (Å²) in [7, 11) is 0. The van der Waals surface area contributed by atoms with Gasteiger partial charge in [0.25, 0.3) is 0 Å². The van der Waals surface area contributed by atoms with E-state index in [-0.39, 0.29) is 20.9 Å². The molecule has 4 rings (SSSR count). The van der Waals surface area contributed by atoms with E-state index >= 15 is 0 Å². The molecule has 4 aliphatic rings. The van der Waals surface area contributed by atoms with Gasteiger partial charge in [0.05, 0.1) is 0 Å². The van der Waals surface area contributed by atoms with E-state index in [1.165, 1.54) is 0 Å². The van der Waals surface area contributed by atoms with Crippen molar-refractivity contribution in [2.24, 2.45) is 16.7 Å². The van der Waals surface area contributed by atoms with Gasteiger partial charge in [0.2, 0.25) is 0 Å². The topological polar surface area (TPSA) is 94.8 Å². The van der Waals surface area contributed by atoms with Crippen molar-refractivity contribution >= 4 is 31.4 Å². The second-order valence-corrected chi connectivity index (χ2v) is 15.0. The van der Waals surface area contributed by atoms with Crippen molar-refractivity contribution in [1.82, 2.24) is 0 Å². The van der Waals surface area contributed by atoms with Crippen molar-refractivity contribution in [1.29, 1.82) is 0 Å². The minimum atomic E-state index is -1.75. The quantitative estimate of drug-likeness (QED) is 0.397. The van der Waals surface area contributed by atoms with Gasteiger partial charge in [-0.25, -0.2) is 0 Å². The Kier molecular flexibility index (Phi) is 6.26. The van der Waals surface area contributed by atoms with Crippen molar-refractivity contribution < 1.29 is 24.9 Å². The van der Waals surface area contributed by atoms with E-state index in [1.807, 2.05) is 26.8 Å². The first-order valence-electron chi connectivity index (χ1n) is 10.3. The molecule has 0 spiro atoms. The Labute approximate surface area is 174 Å². The predicted molar refractivity (Wildman–Crippen MR) is 118 cm³/mol. The molecule has 158 valence electrons. The van der Waals surface area contributed by atoms with Crippen LogP contribution in [0.15, 0.2) is 23.8 Å². The van der Waals surface area contributed by atoms with Crippen LogP contribution in [0.4, 0.5) is 0 Å². The Hall–Kier alpha value is -0.570. The van der Waals surface area contributed by atoms with Gasteiger partial charge in [-0.1, -0.05) is 13.8 Å². The molecule has 3 N–H and O–H groups in total. The second kappa shape index (κ2) is 7.93. The fourth-order valence-electron chi connectivity index (χ4n) is 6.03. The summed E-state index contributed by atoms with van der Waals surface area (Å²) in [6.45, 7) is 7.63. The molecule has 7 atom stereocenters. The summed E-state index contributed by atoms with van der Waals surface area (Å²) < 4.78 is 1.45. The zero-order chi connectivity index (χ0) is 20.9. The van der Waals surface area contributed by atoms with Gasteiger partial charge in [-0.15, -0.1) is 0 Å². The Bertz CT molecular complexity index is 716. The maximum atomic E-state index is 12.3. The van der Waals surface area contributed by atoms with Gasteiger partial charge in [-0.2, -0.15) is 0 Å². The Morgan fingerprint density at radius 2 is 1.93 bits per heavy atom. The summed E-state index contributed by atoms with van der Waals surface area (Å²) in [6.07, 6.45) is 6.08. The molecule has 6 unspecified atom stereocenters. The monoisotopic (exact) mass is 504 g/mol. The number of carbonyl (C=O) groups is 2. The van der Waals surface area contributed by atoms with Crippen molar-refractivity contribution in [2.45, 2.75) is 67.0 Å². The van der Waals surface area contributed by atoms with E-state index < -0.39 is 50.0 Å². The number of halogens is 1. The average molecular weight is 504 g/mol. The van der Waals surface area contributed by atoms with E-state index in [4.69, 9.17) is 0 Å². The van der Waals surface area contributed by atoms with Crippen LogP contribution < -0.4 is 0 Å². The average Bonchev–Trinajstić information content (AvgIpc) is 2.93. The van der Waals surface area contributed by atoms with E-state index in [9.17, 15) is 24.9 Å². The molecule has 0 amide bonds. The number of carbonyl (C=O) groups excluding carboxylic acids is 2. The van der Waals surface area contributed by atoms with Crippen molar-refractivity contribution in [3.05, 3.63) is 23.8 Å². The van der Waals surface area contributed by atoms with Gasteiger partial charge in [0.15, 0.2) is 0 Å². The third kappa shape index (κ3) is 3.15. The van der Waals surface area contributed by atoms with Gasteiger partial charge in [-0.3, -0.25) is 0 Å². The number of aliphatic hydroxyl groups excluding tert-OH is 3. The normalized spacial score (nSPS) is 45.2. The molecule has 0 aromatic rings. The Morgan fingerprint density at radius 1 is 1.25 bits per heavy atom. The Morgan fingerprint density at radius 3 is 2.57 bits per heavy atom. The van der Waals surface area contributed by atoms with Crippen molar-refractivity contribution in [2.75, 3.05) is 11.0 Å². The number of hydrogen-bond donors (Lipinski definition) is 3. The van der Waals surface area contributed by atoms with Crippen LogP contribution in [0, 0.1) is 16.7 Å². The zero-order valence-electron chi connectivity index (χ0n) is 17.2. The maximum absolute atomic E-state index is 12.3. The molecule has 2 aliphatic heterocycles. The summed E-state index contributed by atoms with van der Waals surface area (Å²) in [6, 6.07) is 0. The zero-order valence-corrected chi connectivity index (χ0v) is 19.3. The van der Waals surface area contributed by atoms with Crippen LogP contribution >= 0.6 is 19.8 Å². The summed E-state index contributed by atoms with van der Waals surface area (Å²) in [5.41, 5.74) is 0.431. The number of allylic oxidation sites excluding steroid dienone is 4. The van der Waals surface area contributed by atoms with Crippen LogP contribution in [0.2, 0.25) is 0 Å². The number of rotatable bonds is 2. The third-order valence-corrected chi connectivity index (χ3v) is 16.6. The summed E-state index contributed by atoms with van der Waals surface area (Å²) in [5.74, 6) is -0.839. The predicted octanol–water partition coefficient (Wildman–Crippen LogP) is 2.44. The third-order valence-electron chi connectivity index (χ3n) is 7.15. The summed E-state index contributed by atoms with van der Waals surface area (Å²) in [4.78, 5) is 24.2. The molecule has 0 radical (unpaired) electrons. The molecule has 2 heterocycles. The second-order valence-electron chi connectivity index (χ2n) is 8.61. The van der Waals surface area contributed by atoms with Crippen LogP contribution in [-0.2, 0) is 9.59 Å². The molecule has 2 aliphatic carbocycles. The number of ketones is 2. The van der Waals surface area contributed by atoms with E-state index in [0.29, 0.717) is 16.8 Å². The molecular formula is C22H33IO5. The van der Waals surface area contributed by atoms with Crippen LogP contribution in [0.25, 0.3) is 0 Å². The number of alkyl halides is 3. The fourth-order valence-corrected chi connectivity index (χ4v) is 16.8. The van der Waals surface area contributed by atoms with Gasteiger partial charge >= 0.3 is 161 Å². The molecule has 6 heteroatoms. The van der Waals surface area contributed by atoms with E-state index in [0.717, 1.165) is 16.4 Å². The molecule has 5 nitrogen and oxygen atoms in total. The molecule has 3 fully saturated rings. The van der Waals surface area contributed by atoms with E-state index in [1.54, 1.807) is 12.2 Å². The SMILES string of the molecule is CC.CC12C=CC(=O)C=C1CCI1C2C(O)CC2(C)C(C(=O)CO)[C@H](O)CC12. The molecule has 1 saturated carbocycles. The standard InChI is InChI=1S/C20H27IO5.C2H6/c1-19-5-3-12(23)7-11(19)4-6-21-16-8-13(24)17(15(26)10-22)20(16,2)9-14(25)18(19)21;1-2/h3,5,7,13-14,16-18,22,24-25H,4,6,8-10H2,1-2H3;1-2H3/t13-,14?,16?,17?,18?,19?,20?;/m1./s1. The minimum absolute atomic E-state index is 0.0276. The molecule has 28 heavy (non-hydrogen) atoms. The van der Waals surface area contributed by atoms with Crippen molar-refractivity contribution in [3.8, 4) is 0 Å². The molecule has 0 aromatic carbocycles. The van der Waals surface area contributed by atoms with Crippen LogP contribution in [-0.4, -0.2) is 58.0 Å².